The molecule has 216 valence electrons. The number of hydrogen-bond acceptors (Lipinski definition) is 6. The van der Waals surface area contributed by atoms with Crippen molar-refractivity contribution in [2.24, 2.45) is 60.0 Å². The molecule has 0 spiro atoms. The number of anilines is 2. The Labute approximate surface area is 243 Å². The topological polar surface area (TPSA) is 91.1 Å². The van der Waals surface area contributed by atoms with Gasteiger partial charge in [-0.15, -0.1) is 0 Å². The van der Waals surface area contributed by atoms with Crippen LogP contribution in [0, 0.1) is 11.3 Å². The highest BCUT2D eigenvalue weighted by Gasteiger charge is 2.21. The van der Waals surface area contributed by atoms with Gasteiger partial charge in [0.2, 0.25) is 0 Å². The van der Waals surface area contributed by atoms with Gasteiger partial charge in [0.15, 0.2) is 0 Å². The lowest BCUT2D eigenvalue weighted by Crippen LogP contribution is -2.26. The van der Waals surface area contributed by atoms with Crippen LogP contribution in [0.25, 0.3) is 0 Å². The molecule has 2 aromatic carbocycles. The fraction of sp³-hybridized carbons (Fsp3) is 0.419. The molecule has 0 saturated heterocycles. The molecular weight excluding hydrogens is 512 g/mol. The molecule has 0 amide bonds. The minimum atomic E-state index is 0.167. The summed E-state index contributed by atoms with van der Waals surface area (Å²) in [5.74, 6) is 2.20. The van der Waals surface area contributed by atoms with Crippen molar-refractivity contribution < 1.29 is 9.13 Å². The van der Waals surface area contributed by atoms with Crippen LogP contribution in [0.1, 0.15) is 33.6 Å². The summed E-state index contributed by atoms with van der Waals surface area (Å²) < 4.78 is 7.77. The monoisotopic (exact) mass is 556 g/mol. The molecule has 4 aromatic rings. The second kappa shape index (κ2) is 13.3. The fourth-order valence-corrected chi connectivity index (χ4v) is 4.87. The number of nitrogens with zero attached hydrogens (tertiary/aromatic N) is 8. The molecule has 2 N–H and O–H groups in total. The van der Waals surface area contributed by atoms with E-state index in [0.29, 0.717) is 5.92 Å². The van der Waals surface area contributed by atoms with Gasteiger partial charge in [0, 0.05) is 34.7 Å². The normalized spacial score (nSPS) is 12.9. The quantitative estimate of drug-likeness (QED) is 0.140. The number of imidazole rings is 2. The van der Waals surface area contributed by atoms with Crippen molar-refractivity contribution >= 4 is 34.6 Å². The lowest BCUT2D eigenvalue weighted by Gasteiger charge is -2.29. The predicted octanol–water partition coefficient (Wildman–Crippen LogP) is 6.81. The summed E-state index contributed by atoms with van der Waals surface area (Å²) in [6.07, 6.45) is 10.1. The summed E-state index contributed by atoms with van der Waals surface area (Å²) in [6, 6.07) is 16.2. The molecule has 41 heavy (non-hydrogen) atoms. The van der Waals surface area contributed by atoms with Crippen molar-refractivity contribution in [2.45, 2.75) is 33.6 Å². The van der Waals surface area contributed by atoms with Gasteiger partial charge < -0.3 is 10.6 Å². The van der Waals surface area contributed by atoms with Gasteiger partial charge in [-0.3, -0.25) is 0 Å². The number of hydrogen-bond donors (Lipinski definition) is 2. The molecule has 0 aliphatic rings. The lowest BCUT2D eigenvalue weighted by molar-refractivity contribution is -0.657. The first-order valence-electron chi connectivity index (χ1n) is 14.1. The molecule has 0 saturated carbocycles. The Bertz CT molecular complexity index is 1420. The van der Waals surface area contributed by atoms with Crippen LogP contribution in [0.5, 0.6) is 0 Å². The van der Waals surface area contributed by atoms with E-state index in [1.165, 1.54) is 0 Å². The van der Waals surface area contributed by atoms with Crippen LogP contribution in [0.2, 0.25) is 0 Å². The van der Waals surface area contributed by atoms with E-state index in [-0.39, 0.29) is 5.41 Å². The minimum Gasteiger partial charge on any atom is -0.385 e. The van der Waals surface area contributed by atoms with E-state index < -0.39 is 0 Å². The van der Waals surface area contributed by atoms with Crippen molar-refractivity contribution in [3.8, 4) is 0 Å². The molecule has 10 heteroatoms. The zero-order valence-corrected chi connectivity index (χ0v) is 25.4. The van der Waals surface area contributed by atoms with Crippen LogP contribution in [0.3, 0.4) is 0 Å². The summed E-state index contributed by atoms with van der Waals surface area (Å²) in [5.41, 5.74) is 4.02. The van der Waals surface area contributed by atoms with Crippen molar-refractivity contribution in [2.75, 3.05) is 23.7 Å². The van der Waals surface area contributed by atoms with Gasteiger partial charge in [-0.2, -0.15) is 0 Å². The van der Waals surface area contributed by atoms with Gasteiger partial charge in [0.05, 0.1) is 53.0 Å². The van der Waals surface area contributed by atoms with Crippen molar-refractivity contribution in [1.29, 1.82) is 0 Å². The van der Waals surface area contributed by atoms with Crippen molar-refractivity contribution in [1.82, 2.24) is 9.13 Å². The highest BCUT2D eigenvalue weighted by atomic mass is 15.3. The number of aryl methyl sites for hydroxylation is 4. The van der Waals surface area contributed by atoms with Crippen LogP contribution in [0.15, 0.2) is 93.8 Å². The van der Waals surface area contributed by atoms with E-state index in [9.17, 15) is 0 Å². The molecule has 0 fully saturated rings. The summed E-state index contributed by atoms with van der Waals surface area (Å²) in [7, 11) is 7.84. The maximum Gasteiger partial charge on any atom is 0.421 e. The van der Waals surface area contributed by atoms with E-state index in [4.69, 9.17) is 0 Å². The van der Waals surface area contributed by atoms with Crippen LogP contribution < -0.4 is 19.8 Å². The molecule has 0 bridgehead atoms. The summed E-state index contributed by atoms with van der Waals surface area (Å²) in [6.45, 7) is 8.83. The van der Waals surface area contributed by atoms with Gasteiger partial charge in [-0.1, -0.05) is 31.0 Å². The summed E-state index contributed by atoms with van der Waals surface area (Å²) in [4.78, 5) is 0. The minimum absolute atomic E-state index is 0.167. The molecule has 1 unspecified atom stereocenters. The van der Waals surface area contributed by atoms with Gasteiger partial charge in [0.1, 0.15) is 11.4 Å². The van der Waals surface area contributed by atoms with Gasteiger partial charge in [-0.05, 0) is 72.7 Å². The maximum absolute atomic E-state index is 4.38. The number of aromatic nitrogens is 4. The Morgan fingerprint density at radius 1 is 0.732 bits per heavy atom. The number of rotatable bonds is 13. The third kappa shape index (κ3) is 8.57. The van der Waals surface area contributed by atoms with E-state index in [1.807, 2.05) is 95.5 Å². The first kappa shape index (κ1) is 29.6. The predicted molar refractivity (Wildman–Crippen MR) is 164 cm³/mol. The van der Waals surface area contributed by atoms with Gasteiger partial charge in [-0.25, -0.2) is 18.3 Å². The third-order valence-electron chi connectivity index (χ3n) is 7.17. The van der Waals surface area contributed by atoms with E-state index in [1.54, 1.807) is 0 Å². The van der Waals surface area contributed by atoms with E-state index in [2.05, 4.69) is 76.1 Å². The van der Waals surface area contributed by atoms with Gasteiger partial charge in [0.25, 0.3) is 0 Å². The Balaban J connectivity index is 1.18. The molecule has 0 aliphatic heterocycles. The SMILES string of the molecule is CC(CCNc1ccc(N=Nc2n(C)cc[n+]2C)cc1)CC(C)(C)CNc1ccc(N=Nc2n(C)cc[n+]2C)cc1. The molecule has 1 atom stereocenters. The average molecular weight is 557 g/mol. The summed E-state index contributed by atoms with van der Waals surface area (Å²) in [5, 5.41) is 24.6. The van der Waals surface area contributed by atoms with Crippen LogP contribution in [0.4, 0.5) is 34.6 Å². The third-order valence-corrected chi connectivity index (χ3v) is 7.17. The highest BCUT2D eigenvalue weighted by molar-refractivity contribution is 5.51. The molecule has 4 rings (SSSR count). The van der Waals surface area contributed by atoms with E-state index in [0.717, 1.165) is 60.6 Å². The molecular formula is C31H44N10+2. The Morgan fingerprint density at radius 2 is 1.20 bits per heavy atom. The molecule has 0 radical (unpaired) electrons. The van der Waals surface area contributed by atoms with Gasteiger partial charge >= 0.3 is 11.9 Å². The zero-order chi connectivity index (χ0) is 29.4. The zero-order valence-electron chi connectivity index (χ0n) is 25.4. The van der Waals surface area contributed by atoms with Crippen LogP contribution >= 0.6 is 0 Å². The molecule has 2 aromatic heterocycles. The lowest BCUT2D eigenvalue weighted by atomic mass is 9.82. The summed E-state index contributed by atoms with van der Waals surface area (Å²) >= 11 is 0. The molecule has 2 heterocycles. The largest absolute Gasteiger partial charge is 0.421 e. The number of azo groups is 2. The second-order valence-electron chi connectivity index (χ2n) is 11.7. The Kier molecular flexibility index (Phi) is 9.65. The number of nitrogens with one attached hydrogen (secondary N) is 2. The first-order chi connectivity index (χ1) is 19.6. The van der Waals surface area contributed by atoms with Crippen LogP contribution in [-0.2, 0) is 28.2 Å². The highest BCUT2D eigenvalue weighted by Crippen LogP contribution is 2.28. The van der Waals surface area contributed by atoms with E-state index >= 15 is 0 Å². The van der Waals surface area contributed by atoms with Crippen LogP contribution in [-0.4, -0.2) is 22.2 Å². The molecule has 10 nitrogen and oxygen atoms in total. The first-order valence-corrected chi connectivity index (χ1v) is 14.1. The average Bonchev–Trinajstić information content (AvgIpc) is 3.44. The smallest absolute Gasteiger partial charge is 0.385 e. The Morgan fingerprint density at radius 3 is 1.63 bits per heavy atom. The van der Waals surface area contributed by atoms with Crippen molar-refractivity contribution in [3.05, 3.63) is 73.3 Å². The standard InChI is InChI=1S/C31H42N10/c1-24(16-17-32-25-8-12-27(13-9-25)34-36-29-38(4)18-19-39(29)5)22-31(2,3)23-33-26-10-14-28(15-11-26)35-37-30-40(6)20-21-41(30)7/h8-15,18-21,24H,16-17,22-23H2,1-7H3/p+2. The molecule has 0 aliphatic carbocycles. The Hall–Kier alpha value is -4.34. The maximum atomic E-state index is 4.38. The second-order valence-corrected chi connectivity index (χ2v) is 11.7. The number of benzene rings is 2. The fourth-order valence-electron chi connectivity index (χ4n) is 4.87. The van der Waals surface area contributed by atoms with Crippen molar-refractivity contribution in [3.63, 3.8) is 0 Å².